The second-order valence-electron chi connectivity index (χ2n) is 4.98. The quantitative estimate of drug-likeness (QED) is 0.745. The maximum absolute atomic E-state index is 12.4. The summed E-state index contributed by atoms with van der Waals surface area (Å²) in [5, 5.41) is 3.52. The summed E-state index contributed by atoms with van der Waals surface area (Å²) in [6.07, 6.45) is 1.14. The maximum Gasteiger partial charge on any atom is 0.332 e. The second kappa shape index (κ2) is 7.38. The van der Waals surface area contributed by atoms with E-state index in [1.807, 2.05) is 13.8 Å². The summed E-state index contributed by atoms with van der Waals surface area (Å²) in [5.41, 5.74) is 0.139. The molecule has 0 amide bonds. The Morgan fingerprint density at radius 2 is 1.83 bits per heavy atom. The molecule has 0 saturated heterocycles. The van der Waals surface area contributed by atoms with E-state index in [1.54, 1.807) is 19.3 Å². The van der Waals surface area contributed by atoms with Crippen molar-refractivity contribution in [1.29, 1.82) is 0 Å². The Morgan fingerprint density at radius 3 is 2.43 bits per heavy atom. The van der Waals surface area contributed by atoms with Gasteiger partial charge in [0, 0.05) is 33.5 Å². The third-order valence-electron chi connectivity index (χ3n) is 3.51. The van der Waals surface area contributed by atoms with Gasteiger partial charge in [0.05, 0.1) is 12.2 Å². The maximum atomic E-state index is 12.4. The normalized spacial score (nSPS) is 11.3. The number of nitrogens with one attached hydrogen (secondary N) is 1. The molecule has 0 unspecified atom stereocenters. The van der Waals surface area contributed by atoms with Gasteiger partial charge in [0.25, 0.3) is 5.56 Å². The van der Waals surface area contributed by atoms with Crippen LogP contribution in [0.2, 0.25) is 0 Å². The van der Waals surface area contributed by atoms with Gasteiger partial charge in [0.1, 0.15) is 5.39 Å². The lowest BCUT2D eigenvalue weighted by Gasteiger charge is -2.19. The van der Waals surface area contributed by atoms with Crippen LogP contribution in [0.25, 0.3) is 11.0 Å². The molecule has 2 heterocycles. The summed E-state index contributed by atoms with van der Waals surface area (Å²) in [5.74, 6) is 0. The molecule has 0 aromatic carbocycles. The molecule has 126 valence electrons. The summed E-state index contributed by atoms with van der Waals surface area (Å²) in [7, 11) is 3.04. The van der Waals surface area contributed by atoms with Crippen LogP contribution in [0.1, 0.15) is 13.8 Å². The SMILES string of the molecule is CCOC(CNc1ccnc2c1c(=O)n(C)c(=O)n2C)OCC. The predicted octanol–water partition coefficient (Wildman–Crippen LogP) is 0.443. The minimum Gasteiger partial charge on any atom is -0.379 e. The van der Waals surface area contributed by atoms with Crippen molar-refractivity contribution in [2.45, 2.75) is 20.1 Å². The van der Waals surface area contributed by atoms with E-state index < -0.39 is 12.0 Å². The molecule has 0 aliphatic heterocycles. The van der Waals surface area contributed by atoms with Crippen LogP contribution < -0.4 is 16.6 Å². The Labute approximate surface area is 133 Å². The monoisotopic (exact) mass is 322 g/mol. The number of hydrogen-bond donors (Lipinski definition) is 1. The van der Waals surface area contributed by atoms with E-state index in [4.69, 9.17) is 9.47 Å². The van der Waals surface area contributed by atoms with Crippen molar-refractivity contribution in [3.05, 3.63) is 33.1 Å². The van der Waals surface area contributed by atoms with E-state index in [0.717, 1.165) is 4.57 Å². The van der Waals surface area contributed by atoms with E-state index in [1.165, 1.54) is 11.6 Å². The number of ether oxygens (including phenoxy) is 2. The van der Waals surface area contributed by atoms with E-state index in [-0.39, 0.29) is 5.56 Å². The standard InChI is InChI=1S/C15H22N4O4/c1-5-22-11(23-6-2)9-17-10-7-8-16-13-12(10)14(20)19(4)15(21)18(13)3/h7-8,11H,5-6,9H2,1-4H3,(H,16,17). The number of rotatable bonds is 7. The van der Waals surface area contributed by atoms with Crippen LogP contribution in [0, 0.1) is 0 Å². The van der Waals surface area contributed by atoms with Crippen LogP contribution in [0.5, 0.6) is 0 Å². The molecule has 0 bridgehead atoms. The number of aromatic nitrogens is 3. The first-order valence-corrected chi connectivity index (χ1v) is 7.53. The third-order valence-corrected chi connectivity index (χ3v) is 3.51. The number of fused-ring (bicyclic) bond motifs is 1. The fourth-order valence-corrected chi connectivity index (χ4v) is 2.36. The zero-order valence-electron chi connectivity index (χ0n) is 13.8. The van der Waals surface area contributed by atoms with Crippen molar-refractivity contribution >= 4 is 16.7 Å². The molecule has 0 saturated carbocycles. The second-order valence-corrected chi connectivity index (χ2v) is 4.98. The molecule has 0 aliphatic rings. The summed E-state index contributed by atoms with van der Waals surface area (Å²) < 4.78 is 13.4. The van der Waals surface area contributed by atoms with Crippen LogP contribution in [0.4, 0.5) is 5.69 Å². The first-order valence-electron chi connectivity index (χ1n) is 7.53. The Bertz CT molecular complexity index is 790. The first kappa shape index (κ1) is 17.2. The molecular formula is C15H22N4O4. The number of nitrogens with zero attached hydrogens (tertiary/aromatic N) is 3. The highest BCUT2D eigenvalue weighted by Crippen LogP contribution is 2.16. The van der Waals surface area contributed by atoms with Gasteiger partial charge in [-0.3, -0.25) is 13.9 Å². The van der Waals surface area contributed by atoms with Crippen LogP contribution in [0.3, 0.4) is 0 Å². The number of hydrogen-bond acceptors (Lipinski definition) is 6. The molecule has 0 spiro atoms. The van der Waals surface area contributed by atoms with Crippen LogP contribution >= 0.6 is 0 Å². The van der Waals surface area contributed by atoms with Crippen LogP contribution in [-0.2, 0) is 23.6 Å². The van der Waals surface area contributed by atoms with Gasteiger partial charge in [0.15, 0.2) is 11.9 Å². The Morgan fingerprint density at radius 1 is 1.17 bits per heavy atom. The molecule has 0 atom stereocenters. The average Bonchev–Trinajstić information content (AvgIpc) is 2.56. The van der Waals surface area contributed by atoms with E-state index in [2.05, 4.69) is 10.3 Å². The lowest BCUT2D eigenvalue weighted by molar-refractivity contribution is -0.126. The smallest absolute Gasteiger partial charge is 0.332 e. The zero-order chi connectivity index (χ0) is 17.0. The molecule has 2 aromatic rings. The molecule has 8 nitrogen and oxygen atoms in total. The molecule has 2 aromatic heterocycles. The lowest BCUT2D eigenvalue weighted by Crippen LogP contribution is -2.37. The van der Waals surface area contributed by atoms with Gasteiger partial charge in [0.2, 0.25) is 0 Å². The molecule has 2 rings (SSSR count). The van der Waals surface area contributed by atoms with Gasteiger partial charge in [-0.1, -0.05) is 0 Å². The third kappa shape index (κ3) is 3.43. The van der Waals surface area contributed by atoms with E-state index in [9.17, 15) is 9.59 Å². The van der Waals surface area contributed by atoms with Gasteiger partial charge < -0.3 is 14.8 Å². The largest absolute Gasteiger partial charge is 0.379 e. The van der Waals surface area contributed by atoms with Crippen LogP contribution in [-0.4, -0.2) is 40.2 Å². The summed E-state index contributed by atoms with van der Waals surface area (Å²) >= 11 is 0. The van der Waals surface area contributed by atoms with Crippen molar-refractivity contribution in [1.82, 2.24) is 14.1 Å². The number of anilines is 1. The topological polar surface area (TPSA) is 87.4 Å². The molecule has 0 fully saturated rings. The molecule has 23 heavy (non-hydrogen) atoms. The Kier molecular flexibility index (Phi) is 5.51. The molecule has 0 aliphatic carbocycles. The van der Waals surface area contributed by atoms with E-state index in [0.29, 0.717) is 36.5 Å². The zero-order valence-corrected chi connectivity index (χ0v) is 13.8. The molecular weight excluding hydrogens is 300 g/mol. The summed E-state index contributed by atoms with van der Waals surface area (Å²) in [4.78, 5) is 28.6. The van der Waals surface area contributed by atoms with Gasteiger partial charge >= 0.3 is 5.69 Å². The fraction of sp³-hybridized carbons (Fsp3) is 0.533. The highest BCUT2D eigenvalue weighted by Gasteiger charge is 2.14. The summed E-state index contributed by atoms with van der Waals surface area (Å²) in [6.45, 7) is 5.21. The van der Waals surface area contributed by atoms with Gasteiger partial charge in [-0.05, 0) is 19.9 Å². The van der Waals surface area contributed by atoms with Gasteiger partial charge in [-0.2, -0.15) is 0 Å². The fourth-order valence-electron chi connectivity index (χ4n) is 2.36. The molecule has 1 N–H and O–H groups in total. The Hall–Kier alpha value is -2.19. The number of pyridine rings is 1. The minimum atomic E-state index is -0.412. The molecule has 8 heteroatoms. The van der Waals surface area contributed by atoms with Crippen molar-refractivity contribution in [3.8, 4) is 0 Å². The molecule has 0 radical (unpaired) electrons. The van der Waals surface area contributed by atoms with Crippen LogP contribution in [0.15, 0.2) is 21.9 Å². The van der Waals surface area contributed by atoms with Crippen molar-refractivity contribution in [2.24, 2.45) is 14.1 Å². The average molecular weight is 322 g/mol. The Balaban J connectivity index is 2.42. The van der Waals surface area contributed by atoms with Crippen molar-refractivity contribution in [2.75, 3.05) is 25.1 Å². The minimum absolute atomic E-state index is 0.340. The summed E-state index contributed by atoms with van der Waals surface area (Å²) in [6, 6.07) is 1.70. The lowest BCUT2D eigenvalue weighted by atomic mass is 10.2. The van der Waals surface area contributed by atoms with Crippen molar-refractivity contribution < 1.29 is 9.47 Å². The first-order chi connectivity index (χ1) is 11.0. The highest BCUT2D eigenvalue weighted by molar-refractivity contribution is 5.87. The predicted molar refractivity (Wildman–Crippen MR) is 87.8 cm³/mol. The van der Waals surface area contributed by atoms with Crippen molar-refractivity contribution in [3.63, 3.8) is 0 Å². The number of aryl methyl sites for hydroxylation is 1. The van der Waals surface area contributed by atoms with E-state index >= 15 is 0 Å². The van der Waals surface area contributed by atoms with Gasteiger partial charge in [-0.15, -0.1) is 0 Å². The van der Waals surface area contributed by atoms with Gasteiger partial charge in [-0.25, -0.2) is 9.78 Å². The highest BCUT2D eigenvalue weighted by atomic mass is 16.7.